The lowest BCUT2D eigenvalue weighted by Gasteiger charge is -2.54. The molecule has 4 aromatic carbocycles. The third-order valence-electron chi connectivity index (χ3n) is 9.16. The number of likely N-dealkylation sites (tertiary alicyclic amines) is 1. The van der Waals surface area contributed by atoms with Crippen molar-refractivity contribution in [1.29, 1.82) is 0 Å². The summed E-state index contributed by atoms with van der Waals surface area (Å²) < 4.78 is 6.00. The number of imide groups is 1. The van der Waals surface area contributed by atoms with E-state index in [0.717, 1.165) is 39.1 Å². The summed E-state index contributed by atoms with van der Waals surface area (Å²) in [5.41, 5.74) is 5.77. The molecule has 43 heavy (non-hydrogen) atoms. The van der Waals surface area contributed by atoms with Crippen molar-refractivity contribution in [2.75, 3.05) is 11.9 Å². The van der Waals surface area contributed by atoms with Gasteiger partial charge in [0.25, 0.3) is 0 Å². The Kier molecular flexibility index (Phi) is 6.42. The van der Waals surface area contributed by atoms with Crippen LogP contribution in [-0.4, -0.2) is 29.2 Å². The number of aryl methyl sites for hydroxylation is 1. The summed E-state index contributed by atoms with van der Waals surface area (Å²) in [6, 6.07) is 28.0. The summed E-state index contributed by atoms with van der Waals surface area (Å²) in [4.78, 5) is 39.5. The second-order valence-corrected chi connectivity index (χ2v) is 12.6. The monoisotopic (exact) mass is 610 g/mol. The van der Waals surface area contributed by atoms with Gasteiger partial charge in [0, 0.05) is 18.7 Å². The highest BCUT2D eigenvalue weighted by molar-refractivity contribution is 6.36. The normalized spacial score (nSPS) is 24.8. The smallest absolute Gasteiger partial charge is 0.235 e. The SMILES string of the molecule is Cc1cccc(Oc2ccc(NC(=O)CCN3C(=O)[C@@H]4[C@H](C3=O)C3(Cl)c5ccccc5C4(Cl)c4ccccc43)cc2)c1C. The van der Waals surface area contributed by atoms with Gasteiger partial charge in [0.2, 0.25) is 17.7 Å². The number of alkyl halides is 2. The summed E-state index contributed by atoms with van der Waals surface area (Å²) >= 11 is 14.9. The molecule has 0 spiro atoms. The number of halogens is 2. The van der Waals surface area contributed by atoms with Gasteiger partial charge in [-0.25, -0.2) is 0 Å². The predicted molar refractivity (Wildman–Crippen MR) is 166 cm³/mol. The third kappa shape index (κ3) is 3.96. The molecule has 3 aliphatic carbocycles. The average Bonchev–Trinajstić information content (AvgIpc) is 3.28. The molecule has 216 valence electrons. The summed E-state index contributed by atoms with van der Waals surface area (Å²) in [5, 5.41) is 2.85. The number of amides is 3. The molecule has 2 atom stereocenters. The Bertz CT molecular complexity index is 1700. The van der Waals surface area contributed by atoms with Crippen molar-refractivity contribution in [3.05, 3.63) is 124 Å². The highest BCUT2D eigenvalue weighted by atomic mass is 35.5. The molecule has 1 heterocycles. The molecule has 1 aliphatic heterocycles. The molecule has 8 heteroatoms. The molecule has 3 amide bonds. The average molecular weight is 612 g/mol. The van der Waals surface area contributed by atoms with E-state index in [-0.39, 0.29) is 18.9 Å². The van der Waals surface area contributed by atoms with Crippen LogP contribution in [0.15, 0.2) is 91.0 Å². The molecule has 1 saturated heterocycles. The van der Waals surface area contributed by atoms with Crippen molar-refractivity contribution < 1.29 is 19.1 Å². The number of hydrogen-bond donors (Lipinski definition) is 1. The van der Waals surface area contributed by atoms with Crippen LogP contribution in [0.4, 0.5) is 5.69 Å². The number of nitrogens with one attached hydrogen (secondary N) is 1. The molecule has 1 N–H and O–H groups in total. The van der Waals surface area contributed by atoms with Crippen molar-refractivity contribution in [2.45, 2.75) is 30.0 Å². The molecular weight excluding hydrogens is 583 g/mol. The molecule has 0 radical (unpaired) electrons. The maximum absolute atomic E-state index is 13.9. The highest BCUT2D eigenvalue weighted by Gasteiger charge is 2.72. The summed E-state index contributed by atoms with van der Waals surface area (Å²) in [6.07, 6.45) is -0.0673. The molecule has 6 nitrogen and oxygen atoms in total. The Morgan fingerprint density at radius 1 is 0.767 bits per heavy atom. The first-order valence-electron chi connectivity index (χ1n) is 14.2. The van der Waals surface area contributed by atoms with Gasteiger partial charge >= 0.3 is 0 Å². The minimum atomic E-state index is -1.24. The van der Waals surface area contributed by atoms with Crippen LogP contribution in [0.5, 0.6) is 11.5 Å². The quantitative estimate of drug-likeness (QED) is 0.188. The number of carbonyl (C=O) groups is 3. The molecular formula is C35H28Cl2N2O4. The molecule has 0 saturated carbocycles. The van der Waals surface area contributed by atoms with Crippen LogP contribution in [0.2, 0.25) is 0 Å². The minimum Gasteiger partial charge on any atom is -0.457 e. The first-order chi connectivity index (χ1) is 20.7. The first kappa shape index (κ1) is 27.7. The summed E-state index contributed by atoms with van der Waals surface area (Å²) in [7, 11) is 0. The van der Waals surface area contributed by atoms with E-state index in [0.29, 0.717) is 11.4 Å². The van der Waals surface area contributed by atoms with Gasteiger partial charge in [-0.1, -0.05) is 60.7 Å². The number of anilines is 1. The van der Waals surface area contributed by atoms with Crippen LogP contribution in [0.3, 0.4) is 0 Å². The fourth-order valence-electron chi connectivity index (χ4n) is 6.95. The Morgan fingerprint density at radius 2 is 1.28 bits per heavy atom. The number of nitrogens with zero attached hydrogens (tertiary/aromatic N) is 1. The van der Waals surface area contributed by atoms with E-state index in [9.17, 15) is 14.4 Å². The topological polar surface area (TPSA) is 75.7 Å². The van der Waals surface area contributed by atoms with Gasteiger partial charge in [0.1, 0.15) is 21.2 Å². The van der Waals surface area contributed by atoms with Gasteiger partial charge in [0.15, 0.2) is 0 Å². The van der Waals surface area contributed by atoms with Gasteiger partial charge in [-0.15, -0.1) is 23.2 Å². The van der Waals surface area contributed by atoms with Gasteiger partial charge in [-0.05, 0) is 77.6 Å². The van der Waals surface area contributed by atoms with Crippen LogP contribution < -0.4 is 10.1 Å². The third-order valence-corrected chi connectivity index (χ3v) is 10.4. The number of rotatable bonds is 6. The largest absolute Gasteiger partial charge is 0.457 e. The zero-order valence-electron chi connectivity index (χ0n) is 23.6. The van der Waals surface area contributed by atoms with E-state index >= 15 is 0 Å². The lowest BCUT2D eigenvalue weighted by Crippen LogP contribution is -2.57. The molecule has 1 fully saturated rings. The van der Waals surface area contributed by atoms with E-state index in [1.165, 1.54) is 4.90 Å². The van der Waals surface area contributed by atoms with Crippen LogP contribution in [0.25, 0.3) is 0 Å². The van der Waals surface area contributed by atoms with E-state index in [1.54, 1.807) is 24.3 Å². The highest BCUT2D eigenvalue weighted by Crippen LogP contribution is 2.69. The van der Waals surface area contributed by atoms with Crippen molar-refractivity contribution in [3.8, 4) is 11.5 Å². The standard InChI is InChI=1S/C35H28Cl2N2O4/c1-20-8-7-13-28(21(20)2)43-23-16-14-22(15-17-23)38-29(40)18-19-39-32(41)30-31(33(39)42)35(37)25-10-4-3-9-24(25)34(30,36)26-11-5-6-12-27(26)35/h3-17,30-31H,18-19H2,1-2H3,(H,38,40)/t30-,31+,34?,35?. The van der Waals surface area contributed by atoms with Gasteiger partial charge in [-0.2, -0.15) is 0 Å². The van der Waals surface area contributed by atoms with Crippen molar-refractivity contribution in [3.63, 3.8) is 0 Å². The van der Waals surface area contributed by atoms with Crippen molar-refractivity contribution in [1.82, 2.24) is 4.90 Å². The zero-order valence-corrected chi connectivity index (χ0v) is 25.1. The lowest BCUT2D eigenvalue weighted by molar-refractivity contribution is -0.140. The van der Waals surface area contributed by atoms with E-state index in [4.69, 9.17) is 27.9 Å². The van der Waals surface area contributed by atoms with Crippen molar-refractivity contribution in [2.24, 2.45) is 11.8 Å². The maximum atomic E-state index is 13.9. The van der Waals surface area contributed by atoms with Crippen LogP contribution in [0.1, 0.15) is 39.8 Å². The Morgan fingerprint density at radius 3 is 1.79 bits per heavy atom. The number of benzene rings is 4. The van der Waals surface area contributed by atoms with E-state index in [2.05, 4.69) is 5.32 Å². The Balaban J connectivity index is 1.08. The second-order valence-electron chi connectivity index (χ2n) is 11.4. The predicted octanol–water partition coefficient (Wildman–Crippen LogP) is 7.02. The van der Waals surface area contributed by atoms with E-state index < -0.39 is 33.4 Å². The van der Waals surface area contributed by atoms with Gasteiger partial charge in [0.05, 0.1) is 11.8 Å². The Hall–Kier alpha value is -4.13. The molecule has 4 aromatic rings. The molecule has 8 rings (SSSR count). The fraction of sp³-hybridized carbons (Fsp3) is 0.229. The van der Waals surface area contributed by atoms with Crippen LogP contribution in [0, 0.1) is 25.7 Å². The Labute approximate surface area is 259 Å². The number of carbonyl (C=O) groups excluding carboxylic acids is 3. The molecule has 2 bridgehead atoms. The molecule has 0 aromatic heterocycles. The van der Waals surface area contributed by atoms with Crippen LogP contribution >= 0.6 is 23.2 Å². The van der Waals surface area contributed by atoms with Gasteiger partial charge < -0.3 is 10.1 Å². The van der Waals surface area contributed by atoms with E-state index in [1.807, 2.05) is 80.6 Å². The minimum absolute atomic E-state index is 0.0673. The van der Waals surface area contributed by atoms with Crippen molar-refractivity contribution >= 4 is 46.6 Å². The number of ether oxygens (including phenoxy) is 1. The first-order valence-corrected chi connectivity index (χ1v) is 15.0. The maximum Gasteiger partial charge on any atom is 0.235 e. The zero-order chi connectivity index (χ0) is 30.1. The molecule has 4 aliphatic rings. The number of hydrogen-bond acceptors (Lipinski definition) is 4. The summed E-state index contributed by atoms with van der Waals surface area (Å²) in [6.45, 7) is 3.96. The molecule has 0 unspecified atom stereocenters. The second kappa shape index (κ2) is 9.97. The summed E-state index contributed by atoms with van der Waals surface area (Å²) in [5.74, 6) is -1.47. The lowest BCUT2D eigenvalue weighted by atomic mass is 9.54. The van der Waals surface area contributed by atoms with Crippen LogP contribution in [-0.2, 0) is 24.1 Å². The van der Waals surface area contributed by atoms with Gasteiger partial charge in [-0.3, -0.25) is 19.3 Å². The fourth-order valence-corrected chi connectivity index (χ4v) is 8.05.